The number of carbonyl (C=O) groups excluding carboxylic acids is 1. The predicted molar refractivity (Wildman–Crippen MR) is 105 cm³/mol. The summed E-state index contributed by atoms with van der Waals surface area (Å²) in [7, 11) is 0. The van der Waals surface area contributed by atoms with Gasteiger partial charge in [0.1, 0.15) is 5.75 Å². The Labute approximate surface area is 153 Å². The zero-order valence-corrected chi connectivity index (χ0v) is 14.5. The van der Waals surface area contributed by atoms with Gasteiger partial charge in [0.05, 0.1) is 0 Å². The van der Waals surface area contributed by atoms with Gasteiger partial charge in [-0.3, -0.25) is 4.79 Å². The van der Waals surface area contributed by atoms with Crippen LogP contribution in [-0.4, -0.2) is 17.6 Å². The molecule has 0 spiro atoms. The van der Waals surface area contributed by atoms with Crippen molar-refractivity contribution in [3.63, 3.8) is 0 Å². The Kier molecular flexibility index (Phi) is 5.49. The molecular formula is C23H21NO2. The number of hydrogen-bond donors (Lipinski definition) is 2. The lowest BCUT2D eigenvalue weighted by atomic mass is 9.98. The molecule has 130 valence electrons. The molecule has 3 aromatic carbocycles. The van der Waals surface area contributed by atoms with E-state index in [1.165, 1.54) is 0 Å². The highest BCUT2D eigenvalue weighted by molar-refractivity contribution is 5.94. The van der Waals surface area contributed by atoms with Crippen LogP contribution in [0.3, 0.4) is 0 Å². The van der Waals surface area contributed by atoms with E-state index < -0.39 is 0 Å². The monoisotopic (exact) mass is 343 g/mol. The van der Waals surface area contributed by atoms with Gasteiger partial charge in [0.25, 0.3) is 5.91 Å². The predicted octanol–water partition coefficient (Wildman–Crippen LogP) is 4.43. The molecule has 0 radical (unpaired) electrons. The normalized spacial score (nSPS) is 10.3. The van der Waals surface area contributed by atoms with Gasteiger partial charge in [-0.05, 0) is 52.9 Å². The maximum atomic E-state index is 12.3. The number of aromatic hydroxyl groups is 1. The van der Waals surface area contributed by atoms with Crippen molar-refractivity contribution in [2.24, 2.45) is 0 Å². The van der Waals surface area contributed by atoms with Crippen molar-refractivity contribution in [1.29, 1.82) is 0 Å². The second-order valence-electron chi connectivity index (χ2n) is 6.09. The minimum absolute atomic E-state index is 0.0966. The fraction of sp³-hybridized carbons (Fsp3) is 0.0870. The molecule has 0 heterocycles. The van der Waals surface area contributed by atoms with Gasteiger partial charge in [0.15, 0.2) is 0 Å². The number of hydrogen-bond acceptors (Lipinski definition) is 2. The largest absolute Gasteiger partial charge is 0.508 e. The van der Waals surface area contributed by atoms with Gasteiger partial charge in [-0.15, -0.1) is 0 Å². The molecule has 0 aliphatic rings. The summed E-state index contributed by atoms with van der Waals surface area (Å²) in [6, 6.07) is 24.5. The van der Waals surface area contributed by atoms with Crippen LogP contribution in [0.1, 0.15) is 27.0 Å². The SMILES string of the molecule is C=C(c1ccccc1)c1ccc(C(=O)NCCc2ccc(O)cc2)cc1. The van der Waals surface area contributed by atoms with Gasteiger partial charge in [-0.25, -0.2) is 0 Å². The van der Waals surface area contributed by atoms with Crippen LogP contribution in [0.25, 0.3) is 5.57 Å². The summed E-state index contributed by atoms with van der Waals surface area (Å²) < 4.78 is 0. The zero-order chi connectivity index (χ0) is 18.4. The third-order valence-electron chi connectivity index (χ3n) is 4.25. The number of phenolic OH excluding ortho intramolecular Hbond substituents is 1. The van der Waals surface area contributed by atoms with Crippen LogP contribution < -0.4 is 5.32 Å². The topological polar surface area (TPSA) is 49.3 Å². The van der Waals surface area contributed by atoms with E-state index in [4.69, 9.17) is 0 Å². The van der Waals surface area contributed by atoms with Crippen molar-refractivity contribution in [2.45, 2.75) is 6.42 Å². The fourth-order valence-electron chi connectivity index (χ4n) is 2.71. The van der Waals surface area contributed by atoms with Crippen LogP contribution in [0, 0.1) is 0 Å². The van der Waals surface area contributed by atoms with Crippen LogP contribution in [0.4, 0.5) is 0 Å². The molecule has 0 saturated heterocycles. The summed E-state index contributed by atoms with van der Waals surface area (Å²) in [4.78, 5) is 12.3. The van der Waals surface area contributed by atoms with Crippen LogP contribution in [0.5, 0.6) is 5.75 Å². The van der Waals surface area contributed by atoms with E-state index in [1.807, 2.05) is 66.7 Å². The van der Waals surface area contributed by atoms with E-state index in [0.717, 1.165) is 28.7 Å². The Hall–Kier alpha value is -3.33. The number of rotatable bonds is 6. The molecule has 0 fully saturated rings. The molecule has 2 N–H and O–H groups in total. The van der Waals surface area contributed by atoms with Crippen molar-refractivity contribution in [3.8, 4) is 5.75 Å². The maximum Gasteiger partial charge on any atom is 0.251 e. The quantitative estimate of drug-likeness (QED) is 0.696. The summed E-state index contributed by atoms with van der Waals surface area (Å²) in [5, 5.41) is 12.2. The van der Waals surface area contributed by atoms with Crippen molar-refractivity contribution in [3.05, 3.63) is 108 Å². The number of carbonyl (C=O) groups is 1. The molecule has 0 aliphatic carbocycles. The highest BCUT2D eigenvalue weighted by Crippen LogP contribution is 2.21. The summed E-state index contributed by atoms with van der Waals surface area (Å²) in [5.74, 6) is 0.149. The molecule has 0 saturated carbocycles. The smallest absolute Gasteiger partial charge is 0.251 e. The summed E-state index contributed by atoms with van der Waals surface area (Å²) in [5.41, 5.74) is 4.69. The summed E-state index contributed by atoms with van der Waals surface area (Å²) >= 11 is 0. The van der Waals surface area contributed by atoms with E-state index in [1.54, 1.807) is 12.1 Å². The van der Waals surface area contributed by atoms with Crippen LogP contribution in [-0.2, 0) is 6.42 Å². The molecule has 1 amide bonds. The highest BCUT2D eigenvalue weighted by atomic mass is 16.3. The molecule has 0 aliphatic heterocycles. The van der Waals surface area contributed by atoms with Crippen molar-refractivity contribution in [1.82, 2.24) is 5.32 Å². The van der Waals surface area contributed by atoms with Crippen LogP contribution in [0.15, 0.2) is 85.4 Å². The van der Waals surface area contributed by atoms with Crippen molar-refractivity contribution < 1.29 is 9.90 Å². The molecule has 3 aromatic rings. The van der Waals surface area contributed by atoms with Crippen molar-refractivity contribution >= 4 is 11.5 Å². The van der Waals surface area contributed by atoms with Gasteiger partial charge in [-0.2, -0.15) is 0 Å². The highest BCUT2D eigenvalue weighted by Gasteiger charge is 2.07. The van der Waals surface area contributed by atoms with E-state index in [9.17, 15) is 9.90 Å². The van der Waals surface area contributed by atoms with Gasteiger partial charge in [-0.1, -0.05) is 61.2 Å². The minimum atomic E-state index is -0.0966. The Morgan fingerprint density at radius 1 is 0.808 bits per heavy atom. The second-order valence-corrected chi connectivity index (χ2v) is 6.09. The Morgan fingerprint density at radius 2 is 1.38 bits per heavy atom. The first-order valence-corrected chi connectivity index (χ1v) is 8.54. The van der Waals surface area contributed by atoms with Gasteiger partial charge < -0.3 is 10.4 Å². The minimum Gasteiger partial charge on any atom is -0.508 e. The third kappa shape index (κ3) is 4.39. The number of phenols is 1. The lowest BCUT2D eigenvalue weighted by Gasteiger charge is -2.09. The molecular weight excluding hydrogens is 322 g/mol. The van der Waals surface area contributed by atoms with E-state index in [0.29, 0.717) is 12.1 Å². The number of benzene rings is 3. The van der Waals surface area contributed by atoms with E-state index in [-0.39, 0.29) is 11.7 Å². The second kappa shape index (κ2) is 8.17. The molecule has 0 bridgehead atoms. The lowest BCUT2D eigenvalue weighted by Crippen LogP contribution is -2.25. The molecule has 3 heteroatoms. The van der Waals surface area contributed by atoms with E-state index >= 15 is 0 Å². The van der Waals surface area contributed by atoms with Gasteiger partial charge in [0, 0.05) is 12.1 Å². The average molecular weight is 343 g/mol. The lowest BCUT2D eigenvalue weighted by molar-refractivity contribution is 0.0954. The Balaban J connectivity index is 1.56. The van der Waals surface area contributed by atoms with Crippen molar-refractivity contribution in [2.75, 3.05) is 6.54 Å². The first-order valence-electron chi connectivity index (χ1n) is 8.54. The molecule has 26 heavy (non-hydrogen) atoms. The zero-order valence-electron chi connectivity index (χ0n) is 14.5. The molecule has 0 atom stereocenters. The number of nitrogens with one attached hydrogen (secondary N) is 1. The Morgan fingerprint density at radius 3 is 2.04 bits per heavy atom. The summed E-state index contributed by atoms with van der Waals surface area (Å²) in [6.07, 6.45) is 0.717. The van der Waals surface area contributed by atoms with Crippen LogP contribution >= 0.6 is 0 Å². The van der Waals surface area contributed by atoms with Crippen LogP contribution in [0.2, 0.25) is 0 Å². The third-order valence-corrected chi connectivity index (χ3v) is 4.25. The van der Waals surface area contributed by atoms with E-state index in [2.05, 4.69) is 11.9 Å². The first kappa shape index (κ1) is 17.5. The fourth-order valence-corrected chi connectivity index (χ4v) is 2.71. The number of amides is 1. The maximum absolute atomic E-state index is 12.3. The first-order chi connectivity index (χ1) is 12.6. The average Bonchev–Trinajstić information content (AvgIpc) is 2.69. The standard InChI is InChI=1S/C23H21NO2/c1-17(19-5-3-2-4-6-19)20-9-11-21(12-10-20)23(26)24-16-15-18-7-13-22(25)14-8-18/h2-14,25H,1,15-16H2,(H,24,26). The molecule has 3 rings (SSSR count). The Bertz CT molecular complexity index is 882. The van der Waals surface area contributed by atoms with Gasteiger partial charge >= 0.3 is 0 Å². The summed E-state index contributed by atoms with van der Waals surface area (Å²) in [6.45, 7) is 4.68. The molecule has 0 aromatic heterocycles. The molecule has 3 nitrogen and oxygen atoms in total. The van der Waals surface area contributed by atoms with Gasteiger partial charge in [0.2, 0.25) is 0 Å². The molecule has 0 unspecified atom stereocenters.